The summed E-state index contributed by atoms with van der Waals surface area (Å²) in [7, 11) is 1.49. The Bertz CT molecular complexity index is 1510. The minimum absolute atomic E-state index is 0.0407. The van der Waals surface area contributed by atoms with Crippen LogP contribution in [0.25, 0.3) is 22.3 Å². The maximum Gasteiger partial charge on any atom is 0.422 e. The Hall–Kier alpha value is -4.16. The second-order valence-corrected chi connectivity index (χ2v) is 9.10. The van der Waals surface area contributed by atoms with Crippen LogP contribution in [0.3, 0.4) is 0 Å². The van der Waals surface area contributed by atoms with Gasteiger partial charge in [-0.05, 0) is 35.9 Å². The van der Waals surface area contributed by atoms with Crippen LogP contribution in [0.2, 0.25) is 5.02 Å². The molecule has 0 radical (unpaired) electrons. The smallest absolute Gasteiger partial charge is 0.422 e. The molecule has 8 nitrogen and oxygen atoms in total. The Kier molecular flexibility index (Phi) is 8.60. The van der Waals surface area contributed by atoms with Crippen molar-refractivity contribution in [1.29, 1.82) is 0 Å². The van der Waals surface area contributed by atoms with E-state index in [2.05, 4.69) is 5.10 Å². The van der Waals surface area contributed by atoms with E-state index >= 15 is 0 Å². The highest BCUT2D eigenvalue weighted by Gasteiger charge is 2.30. The van der Waals surface area contributed by atoms with Crippen LogP contribution in [0.15, 0.2) is 67.1 Å². The van der Waals surface area contributed by atoms with E-state index in [1.807, 2.05) is 0 Å². The standard InChI is InChI=1S/C27H22ClF4N3O5/c1-39-11-10-21(34-13-19(12-33-34)16-2-4-17(5-3-16)26(36)37)22-8-6-18(14-35(22)38)24-23(40-15-27(30,31)32)9-7-20(28)25(24)29/h2-9,12-14,21H,10-11,15H2,1H3,(H,36,37). The number of carboxylic acid groups (broad SMARTS) is 1. The number of pyridine rings is 1. The van der Waals surface area contributed by atoms with Gasteiger partial charge in [-0.25, -0.2) is 9.18 Å². The number of carboxylic acids is 1. The highest BCUT2D eigenvalue weighted by atomic mass is 35.5. The summed E-state index contributed by atoms with van der Waals surface area (Å²) in [6, 6.07) is 10.5. The topological polar surface area (TPSA) is 101 Å². The minimum atomic E-state index is -4.66. The first kappa shape index (κ1) is 28.8. The lowest BCUT2D eigenvalue weighted by molar-refractivity contribution is -0.615. The molecule has 1 atom stereocenters. The highest BCUT2D eigenvalue weighted by molar-refractivity contribution is 6.31. The molecule has 0 fully saturated rings. The summed E-state index contributed by atoms with van der Waals surface area (Å²) < 4.78 is 65.2. The molecule has 0 aliphatic carbocycles. The van der Waals surface area contributed by atoms with Gasteiger partial charge in [-0.3, -0.25) is 4.68 Å². The summed E-state index contributed by atoms with van der Waals surface area (Å²) in [6.07, 6.45) is -0.0679. The van der Waals surface area contributed by atoms with E-state index in [1.165, 1.54) is 31.4 Å². The van der Waals surface area contributed by atoms with Gasteiger partial charge >= 0.3 is 12.1 Å². The molecule has 4 aromatic rings. The molecule has 2 aromatic heterocycles. The third kappa shape index (κ3) is 6.52. The molecule has 0 bridgehead atoms. The Morgan fingerprint density at radius 3 is 2.45 bits per heavy atom. The SMILES string of the molecule is COCCC(c1ccc(-c2c(OCC(F)(F)F)ccc(Cl)c2F)c[n+]1[O-])n1cc(-c2ccc(C(=O)O)cc2)cn1. The van der Waals surface area contributed by atoms with Gasteiger partial charge in [0.05, 0.1) is 27.9 Å². The molecule has 2 heterocycles. The van der Waals surface area contributed by atoms with Crippen molar-refractivity contribution in [3.05, 3.63) is 94.4 Å². The molecular weight excluding hydrogens is 558 g/mol. The fourth-order valence-electron chi connectivity index (χ4n) is 4.09. The van der Waals surface area contributed by atoms with E-state index in [9.17, 15) is 27.6 Å². The van der Waals surface area contributed by atoms with Gasteiger partial charge in [0, 0.05) is 38.0 Å². The number of aromatic carboxylic acids is 1. The fraction of sp³-hybridized carbons (Fsp3) is 0.222. The Morgan fingerprint density at radius 1 is 1.12 bits per heavy atom. The van der Waals surface area contributed by atoms with E-state index < -0.39 is 36.4 Å². The summed E-state index contributed by atoms with van der Waals surface area (Å²) in [4.78, 5) is 11.1. The number of carbonyl (C=O) groups is 1. The monoisotopic (exact) mass is 579 g/mol. The van der Waals surface area contributed by atoms with Crippen LogP contribution in [-0.2, 0) is 4.74 Å². The number of ether oxygens (including phenoxy) is 2. The normalized spacial score (nSPS) is 12.3. The van der Waals surface area contributed by atoms with Crippen molar-refractivity contribution in [2.75, 3.05) is 20.3 Å². The molecule has 1 unspecified atom stereocenters. The molecular formula is C27H22ClF4N3O5. The maximum absolute atomic E-state index is 15.0. The van der Waals surface area contributed by atoms with Crippen LogP contribution in [0.1, 0.15) is 28.5 Å². The zero-order valence-electron chi connectivity index (χ0n) is 20.9. The number of rotatable bonds is 10. The minimum Gasteiger partial charge on any atom is -0.618 e. The van der Waals surface area contributed by atoms with Gasteiger partial charge in [-0.1, -0.05) is 23.7 Å². The third-order valence-corrected chi connectivity index (χ3v) is 6.30. The van der Waals surface area contributed by atoms with Crippen LogP contribution in [0, 0.1) is 11.0 Å². The average Bonchev–Trinajstić information content (AvgIpc) is 3.40. The first-order valence-corrected chi connectivity index (χ1v) is 12.1. The lowest BCUT2D eigenvalue weighted by atomic mass is 10.0. The highest BCUT2D eigenvalue weighted by Crippen LogP contribution is 2.37. The zero-order valence-corrected chi connectivity index (χ0v) is 21.6. The number of nitrogens with zero attached hydrogens (tertiary/aromatic N) is 3. The predicted octanol–water partition coefficient (Wildman–Crippen LogP) is 5.91. The van der Waals surface area contributed by atoms with E-state index in [4.69, 9.17) is 26.2 Å². The average molecular weight is 580 g/mol. The number of halogens is 5. The van der Waals surface area contributed by atoms with Crippen molar-refractivity contribution in [1.82, 2.24) is 9.78 Å². The van der Waals surface area contributed by atoms with Crippen molar-refractivity contribution in [2.45, 2.75) is 18.6 Å². The second-order valence-electron chi connectivity index (χ2n) is 8.70. The van der Waals surface area contributed by atoms with Crippen molar-refractivity contribution in [2.24, 2.45) is 0 Å². The molecule has 0 spiro atoms. The van der Waals surface area contributed by atoms with Gasteiger partial charge in [0.15, 0.2) is 18.6 Å². The van der Waals surface area contributed by atoms with Crippen LogP contribution in [-0.4, -0.2) is 47.4 Å². The van der Waals surface area contributed by atoms with Crippen molar-refractivity contribution >= 4 is 17.6 Å². The zero-order chi connectivity index (χ0) is 29.0. The summed E-state index contributed by atoms with van der Waals surface area (Å²) in [5.74, 6) is -2.51. The van der Waals surface area contributed by atoms with Gasteiger partial charge in [0.25, 0.3) is 0 Å². The molecule has 0 amide bonds. The number of hydrogen-bond donors (Lipinski definition) is 1. The van der Waals surface area contributed by atoms with E-state index in [-0.39, 0.29) is 34.0 Å². The molecule has 0 aliphatic heterocycles. The van der Waals surface area contributed by atoms with E-state index in [0.717, 1.165) is 18.3 Å². The molecule has 1 N–H and O–H groups in total. The summed E-state index contributed by atoms with van der Waals surface area (Å²) in [5.41, 5.74) is 1.28. The Labute approximate surface area is 230 Å². The largest absolute Gasteiger partial charge is 0.618 e. The van der Waals surface area contributed by atoms with Gasteiger partial charge < -0.3 is 19.8 Å². The van der Waals surface area contributed by atoms with Crippen LogP contribution in [0.4, 0.5) is 17.6 Å². The molecule has 13 heteroatoms. The van der Waals surface area contributed by atoms with Gasteiger partial charge in [-0.2, -0.15) is 23.0 Å². The van der Waals surface area contributed by atoms with Crippen molar-refractivity contribution in [3.8, 4) is 28.0 Å². The van der Waals surface area contributed by atoms with Crippen LogP contribution < -0.4 is 9.47 Å². The molecule has 0 aliphatic rings. The summed E-state index contributed by atoms with van der Waals surface area (Å²) in [5, 5.41) is 26.3. The summed E-state index contributed by atoms with van der Waals surface area (Å²) >= 11 is 5.87. The number of alkyl halides is 3. The van der Waals surface area contributed by atoms with Crippen molar-refractivity contribution in [3.63, 3.8) is 0 Å². The lowest BCUT2D eigenvalue weighted by Crippen LogP contribution is -2.36. The summed E-state index contributed by atoms with van der Waals surface area (Å²) in [6.45, 7) is -1.40. The molecule has 0 saturated carbocycles. The lowest BCUT2D eigenvalue weighted by Gasteiger charge is -2.18. The molecule has 0 saturated heterocycles. The van der Waals surface area contributed by atoms with Crippen LogP contribution >= 0.6 is 11.6 Å². The molecule has 2 aromatic carbocycles. The fourth-order valence-corrected chi connectivity index (χ4v) is 4.25. The Balaban J connectivity index is 1.69. The number of benzene rings is 2. The van der Waals surface area contributed by atoms with Crippen LogP contribution in [0.5, 0.6) is 5.75 Å². The van der Waals surface area contributed by atoms with Gasteiger partial charge in [0.2, 0.25) is 5.69 Å². The molecule has 4 rings (SSSR count). The molecule has 40 heavy (non-hydrogen) atoms. The Morgan fingerprint density at radius 2 is 1.82 bits per heavy atom. The van der Waals surface area contributed by atoms with Gasteiger partial charge in [-0.15, -0.1) is 0 Å². The second kappa shape index (κ2) is 11.9. The van der Waals surface area contributed by atoms with E-state index in [0.29, 0.717) is 22.3 Å². The third-order valence-electron chi connectivity index (χ3n) is 6.00. The maximum atomic E-state index is 15.0. The first-order valence-electron chi connectivity index (χ1n) is 11.8. The first-order chi connectivity index (χ1) is 19.0. The van der Waals surface area contributed by atoms with Gasteiger partial charge in [0.1, 0.15) is 11.8 Å². The van der Waals surface area contributed by atoms with E-state index in [1.54, 1.807) is 29.2 Å². The number of hydrogen-bond acceptors (Lipinski definition) is 5. The number of methoxy groups -OCH3 is 1. The quantitative estimate of drug-likeness (QED) is 0.142. The van der Waals surface area contributed by atoms with Crippen molar-refractivity contribution < 1.29 is 41.7 Å². The molecule has 210 valence electrons. The predicted molar refractivity (Wildman–Crippen MR) is 137 cm³/mol. The number of aromatic nitrogens is 3.